The average Bonchev–Trinajstić information content (AvgIpc) is 2.83. The van der Waals surface area contributed by atoms with Gasteiger partial charge in [0.15, 0.2) is 0 Å². The second-order valence-electron chi connectivity index (χ2n) is 4.25. The highest BCUT2D eigenvalue weighted by atomic mass is 19.1. The standard InChI is InChI=1S/C13H15FN2O3/c14-10-2-1-3-11-12(10)9(6-16-11)13(19)15-5-4-8(18)7-17/h1-3,6,8,16-18H,4-5,7H2,(H,15,19)/t8-/m1/s1. The number of fused-ring (bicyclic) bond motifs is 1. The number of carbonyl (C=O) groups excluding carboxylic acids is 1. The van der Waals surface area contributed by atoms with Gasteiger partial charge in [-0.2, -0.15) is 0 Å². The number of halogens is 1. The van der Waals surface area contributed by atoms with Gasteiger partial charge in [0, 0.05) is 23.6 Å². The smallest absolute Gasteiger partial charge is 0.253 e. The van der Waals surface area contributed by atoms with Gasteiger partial charge in [-0.25, -0.2) is 4.39 Å². The molecule has 0 spiro atoms. The van der Waals surface area contributed by atoms with Crippen molar-refractivity contribution in [2.45, 2.75) is 12.5 Å². The van der Waals surface area contributed by atoms with E-state index >= 15 is 0 Å². The third-order valence-corrected chi connectivity index (χ3v) is 2.87. The van der Waals surface area contributed by atoms with Crippen LogP contribution in [0, 0.1) is 5.82 Å². The van der Waals surface area contributed by atoms with E-state index in [9.17, 15) is 9.18 Å². The van der Waals surface area contributed by atoms with Crippen LogP contribution in [0.2, 0.25) is 0 Å². The highest BCUT2D eigenvalue weighted by Crippen LogP contribution is 2.21. The van der Waals surface area contributed by atoms with Crippen molar-refractivity contribution in [1.82, 2.24) is 10.3 Å². The molecule has 1 aromatic carbocycles. The molecule has 1 amide bonds. The normalized spacial score (nSPS) is 12.6. The number of aromatic amines is 1. The monoisotopic (exact) mass is 266 g/mol. The van der Waals surface area contributed by atoms with Crippen molar-refractivity contribution in [3.8, 4) is 0 Å². The van der Waals surface area contributed by atoms with Crippen molar-refractivity contribution in [3.05, 3.63) is 35.8 Å². The number of aromatic nitrogens is 1. The van der Waals surface area contributed by atoms with Gasteiger partial charge < -0.3 is 20.5 Å². The van der Waals surface area contributed by atoms with Crippen LogP contribution in [0.1, 0.15) is 16.8 Å². The molecule has 102 valence electrons. The summed E-state index contributed by atoms with van der Waals surface area (Å²) in [6, 6.07) is 4.54. The van der Waals surface area contributed by atoms with E-state index in [1.165, 1.54) is 12.3 Å². The SMILES string of the molecule is O=C(NCC[C@@H](O)CO)c1c[nH]c2cccc(F)c12. The number of carbonyl (C=O) groups is 1. The molecule has 0 fully saturated rings. The van der Waals surface area contributed by atoms with Crippen molar-refractivity contribution < 1.29 is 19.4 Å². The Kier molecular flexibility index (Phi) is 4.13. The molecule has 0 aliphatic heterocycles. The van der Waals surface area contributed by atoms with Gasteiger partial charge in [0.1, 0.15) is 5.82 Å². The van der Waals surface area contributed by atoms with Gasteiger partial charge in [0.25, 0.3) is 5.91 Å². The van der Waals surface area contributed by atoms with Crippen molar-refractivity contribution in [3.63, 3.8) is 0 Å². The molecule has 1 aromatic heterocycles. The predicted molar refractivity (Wildman–Crippen MR) is 68.3 cm³/mol. The maximum atomic E-state index is 13.7. The zero-order valence-corrected chi connectivity index (χ0v) is 10.2. The van der Waals surface area contributed by atoms with Crippen molar-refractivity contribution in [1.29, 1.82) is 0 Å². The van der Waals surface area contributed by atoms with E-state index in [1.807, 2.05) is 0 Å². The predicted octanol–water partition coefficient (Wildman–Crippen LogP) is 0.780. The van der Waals surface area contributed by atoms with Gasteiger partial charge in [-0.15, -0.1) is 0 Å². The number of rotatable bonds is 5. The number of benzene rings is 1. The summed E-state index contributed by atoms with van der Waals surface area (Å²) in [6.07, 6.45) is 0.832. The van der Waals surface area contributed by atoms with E-state index in [-0.39, 0.29) is 30.5 Å². The highest BCUT2D eigenvalue weighted by molar-refractivity contribution is 6.06. The molecular weight excluding hydrogens is 251 g/mol. The van der Waals surface area contributed by atoms with E-state index in [2.05, 4.69) is 10.3 Å². The number of nitrogens with one attached hydrogen (secondary N) is 2. The number of hydrogen-bond acceptors (Lipinski definition) is 3. The van der Waals surface area contributed by atoms with E-state index < -0.39 is 17.8 Å². The summed E-state index contributed by atoms with van der Waals surface area (Å²) in [4.78, 5) is 14.7. The molecule has 0 aliphatic rings. The lowest BCUT2D eigenvalue weighted by atomic mass is 10.1. The van der Waals surface area contributed by atoms with Crippen LogP contribution in [0.5, 0.6) is 0 Å². The maximum absolute atomic E-state index is 13.7. The van der Waals surface area contributed by atoms with Gasteiger partial charge >= 0.3 is 0 Å². The number of aliphatic hydroxyl groups excluding tert-OH is 2. The van der Waals surface area contributed by atoms with E-state index in [0.29, 0.717) is 5.52 Å². The Hall–Kier alpha value is -1.92. The fourth-order valence-electron chi connectivity index (χ4n) is 1.86. The first-order valence-corrected chi connectivity index (χ1v) is 5.96. The molecular formula is C13H15FN2O3. The molecule has 0 radical (unpaired) electrons. The van der Waals surface area contributed by atoms with Gasteiger partial charge in [-0.05, 0) is 18.6 Å². The Morgan fingerprint density at radius 3 is 3.00 bits per heavy atom. The fourth-order valence-corrected chi connectivity index (χ4v) is 1.86. The summed E-state index contributed by atoms with van der Waals surface area (Å²) in [5, 5.41) is 20.6. The molecule has 2 rings (SSSR count). The number of aliphatic hydroxyl groups is 2. The summed E-state index contributed by atoms with van der Waals surface area (Å²) >= 11 is 0. The molecule has 19 heavy (non-hydrogen) atoms. The molecule has 0 saturated carbocycles. The Morgan fingerprint density at radius 2 is 2.26 bits per heavy atom. The highest BCUT2D eigenvalue weighted by Gasteiger charge is 2.15. The first-order valence-electron chi connectivity index (χ1n) is 5.96. The Morgan fingerprint density at radius 1 is 1.47 bits per heavy atom. The quantitative estimate of drug-likeness (QED) is 0.645. The minimum Gasteiger partial charge on any atom is -0.394 e. The van der Waals surface area contributed by atoms with Crippen molar-refractivity contribution in [2.75, 3.05) is 13.2 Å². The molecule has 4 N–H and O–H groups in total. The second-order valence-corrected chi connectivity index (χ2v) is 4.25. The lowest BCUT2D eigenvalue weighted by Crippen LogP contribution is -2.28. The fraction of sp³-hybridized carbons (Fsp3) is 0.308. The van der Waals surface area contributed by atoms with E-state index in [0.717, 1.165) is 0 Å². The van der Waals surface area contributed by atoms with Crippen LogP contribution in [0.4, 0.5) is 4.39 Å². The van der Waals surface area contributed by atoms with Crippen LogP contribution in [0.25, 0.3) is 10.9 Å². The maximum Gasteiger partial charge on any atom is 0.253 e. The first-order chi connectivity index (χ1) is 9.13. The molecule has 0 saturated heterocycles. The molecule has 0 bridgehead atoms. The second kappa shape index (κ2) is 5.81. The molecule has 1 atom stereocenters. The average molecular weight is 266 g/mol. The first kappa shape index (κ1) is 13.5. The lowest BCUT2D eigenvalue weighted by molar-refractivity contribution is 0.0834. The summed E-state index contributed by atoms with van der Waals surface area (Å²) in [6.45, 7) is -0.140. The topological polar surface area (TPSA) is 85.3 Å². The minimum absolute atomic E-state index is 0.210. The van der Waals surface area contributed by atoms with Gasteiger partial charge in [-0.1, -0.05) is 6.07 Å². The van der Waals surface area contributed by atoms with Crippen LogP contribution in [-0.4, -0.2) is 40.4 Å². The molecule has 6 heteroatoms. The van der Waals surface area contributed by atoms with Gasteiger partial charge in [0.05, 0.1) is 18.3 Å². The third-order valence-electron chi connectivity index (χ3n) is 2.87. The third kappa shape index (κ3) is 2.91. The van der Waals surface area contributed by atoms with E-state index in [4.69, 9.17) is 10.2 Å². The van der Waals surface area contributed by atoms with Crippen LogP contribution in [0.15, 0.2) is 24.4 Å². The Labute approximate surface area is 109 Å². The summed E-state index contributed by atoms with van der Waals surface area (Å²) in [5.74, 6) is -0.874. The molecule has 5 nitrogen and oxygen atoms in total. The lowest BCUT2D eigenvalue weighted by Gasteiger charge is -2.08. The van der Waals surface area contributed by atoms with Gasteiger partial charge in [0.2, 0.25) is 0 Å². The Balaban J connectivity index is 2.10. The van der Waals surface area contributed by atoms with Crippen LogP contribution < -0.4 is 5.32 Å². The molecule has 2 aromatic rings. The summed E-state index contributed by atoms with van der Waals surface area (Å²) in [7, 11) is 0. The molecule has 0 unspecified atom stereocenters. The Bertz CT molecular complexity index is 582. The number of amides is 1. The minimum atomic E-state index is -0.861. The summed E-state index contributed by atoms with van der Waals surface area (Å²) < 4.78 is 13.7. The largest absolute Gasteiger partial charge is 0.394 e. The van der Waals surface area contributed by atoms with E-state index in [1.54, 1.807) is 12.1 Å². The zero-order valence-electron chi connectivity index (χ0n) is 10.2. The van der Waals surface area contributed by atoms with Crippen molar-refractivity contribution in [2.24, 2.45) is 0 Å². The zero-order chi connectivity index (χ0) is 13.8. The molecule has 1 heterocycles. The molecule has 0 aliphatic carbocycles. The van der Waals surface area contributed by atoms with Crippen LogP contribution in [0.3, 0.4) is 0 Å². The number of hydrogen-bond donors (Lipinski definition) is 4. The number of H-pyrrole nitrogens is 1. The van der Waals surface area contributed by atoms with Crippen LogP contribution in [-0.2, 0) is 0 Å². The van der Waals surface area contributed by atoms with Crippen LogP contribution >= 0.6 is 0 Å². The summed E-state index contributed by atoms with van der Waals surface area (Å²) in [5.41, 5.74) is 0.784. The van der Waals surface area contributed by atoms with Gasteiger partial charge in [-0.3, -0.25) is 4.79 Å². The van der Waals surface area contributed by atoms with Crippen molar-refractivity contribution >= 4 is 16.8 Å².